The van der Waals surface area contributed by atoms with Crippen molar-refractivity contribution in [1.29, 1.82) is 0 Å². The normalized spacial score (nSPS) is 36.3. The second-order valence-electron chi connectivity index (χ2n) is 3.91. The molecule has 4 nitrogen and oxygen atoms in total. The van der Waals surface area contributed by atoms with Crippen LogP contribution in [0, 0.1) is 17.8 Å². The van der Waals surface area contributed by atoms with Crippen molar-refractivity contribution >= 4 is 18.4 Å². The van der Waals surface area contributed by atoms with Crippen molar-refractivity contribution in [3.63, 3.8) is 0 Å². The predicted octanol–water partition coefficient (Wildman–Crippen LogP) is 0.990. The highest BCUT2D eigenvalue weighted by atomic mass is 15.0. The monoisotopic (exact) mass is 200 g/mol. The smallest absolute Gasteiger partial charge is 0.113 e. The zero-order valence-electron chi connectivity index (χ0n) is 8.24. The summed E-state index contributed by atoms with van der Waals surface area (Å²) in [5.41, 5.74) is 0. The minimum absolute atomic E-state index is 0.375. The fourth-order valence-corrected chi connectivity index (χ4v) is 2.24. The average molecular weight is 200 g/mol. The van der Waals surface area contributed by atoms with Gasteiger partial charge in [0.2, 0.25) is 0 Å². The summed E-state index contributed by atoms with van der Waals surface area (Å²) in [5.74, 6) is 2.25. The molecule has 3 atom stereocenters. The fraction of sp³-hybridized carbons (Fsp3) is 0.364. The molecule has 0 aromatic rings. The molecule has 0 aromatic carbocycles. The summed E-state index contributed by atoms with van der Waals surface area (Å²) in [5, 5.41) is 3.16. The maximum Gasteiger partial charge on any atom is 0.113 e. The quantitative estimate of drug-likeness (QED) is 0.674. The molecule has 0 amide bonds. The van der Waals surface area contributed by atoms with Gasteiger partial charge >= 0.3 is 0 Å². The molecule has 3 rings (SSSR count). The van der Waals surface area contributed by atoms with Crippen LogP contribution in [0.4, 0.5) is 0 Å². The van der Waals surface area contributed by atoms with Gasteiger partial charge in [-0.05, 0) is 6.20 Å². The Balaban J connectivity index is 1.84. The van der Waals surface area contributed by atoms with Crippen LogP contribution in [-0.2, 0) is 0 Å². The van der Waals surface area contributed by atoms with Crippen LogP contribution in [0.15, 0.2) is 39.5 Å². The van der Waals surface area contributed by atoms with E-state index in [-0.39, 0.29) is 0 Å². The summed E-state index contributed by atoms with van der Waals surface area (Å²) in [7, 11) is 0. The lowest BCUT2D eigenvalue weighted by Gasteiger charge is -2.27. The van der Waals surface area contributed by atoms with Gasteiger partial charge in [0.1, 0.15) is 12.2 Å². The number of nitrogens with zero attached hydrogens (tertiary/aromatic N) is 3. The lowest BCUT2D eigenvalue weighted by molar-refractivity contribution is 0.466. The number of nitrogens with one attached hydrogen (secondary N) is 1. The molecule has 0 aromatic heterocycles. The molecule has 15 heavy (non-hydrogen) atoms. The van der Waals surface area contributed by atoms with Crippen LogP contribution in [-0.4, -0.2) is 24.9 Å². The molecule has 3 heterocycles. The van der Waals surface area contributed by atoms with Crippen LogP contribution < -0.4 is 5.32 Å². The Morgan fingerprint density at radius 3 is 3.20 bits per heavy atom. The number of amidine groups is 1. The molecule has 0 fully saturated rings. The van der Waals surface area contributed by atoms with Gasteiger partial charge in [0, 0.05) is 36.7 Å². The van der Waals surface area contributed by atoms with Crippen LogP contribution in [0.25, 0.3) is 0 Å². The molecule has 0 radical (unpaired) electrons. The van der Waals surface area contributed by atoms with Crippen LogP contribution in [0.2, 0.25) is 0 Å². The largest absolute Gasteiger partial charge is 0.350 e. The molecule has 76 valence electrons. The highest BCUT2D eigenvalue weighted by molar-refractivity contribution is 5.91. The van der Waals surface area contributed by atoms with E-state index in [1.54, 1.807) is 6.34 Å². The van der Waals surface area contributed by atoms with E-state index in [2.05, 4.69) is 32.4 Å². The first kappa shape index (κ1) is 8.59. The molecule has 3 aliphatic rings. The number of fused-ring (bicyclic) bond motifs is 1. The summed E-state index contributed by atoms with van der Waals surface area (Å²) < 4.78 is 0. The summed E-state index contributed by atoms with van der Waals surface area (Å²) in [6.45, 7) is 0.829. The molecule has 0 bridgehead atoms. The maximum atomic E-state index is 4.32. The SMILES string of the molecule is C1=CC(C2C=NC=NC2)C2C=CNC2=N1. The molecule has 0 aliphatic carbocycles. The van der Waals surface area contributed by atoms with Crippen LogP contribution in [0.5, 0.6) is 0 Å². The first-order chi connectivity index (χ1) is 7.45. The van der Waals surface area contributed by atoms with E-state index in [0.29, 0.717) is 17.8 Å². The highest BCUT2D eigenvalue weighted by Gasteiger charge is 2.32. The van der Waals surface area contributed by atoms with Crippen molar-refractivity contribution in [2.24, 2.45) is 32.7 Å². The Kier molecular flexibility index (Phi) is 1.98. The summed E-state index contributed by atoms with van der Waals surface area (Å²) in [6.07, 6.45) is 11.8. The van der Waals surface area contributed by atoms with Gasteiger partial charge < -0.3 is 5.32 Å². The zero-order chi connectivity index (χ0) is 10.1. The second-order valence-corrected chi connectivity index (χ2v) is 3.91. The third kappa shape index (κ3) is 1.42. The number of rotatable bonds is 1. The van der Waals surface area contributed by atoms with Crippen molar-refractivity contribution in [3.8, 4) is 0 Å². The number of allylic oxidation sites excluding steroid dienone is 1. The maximum absolute atomic E-state index is 4.32. The van der Waals surface area contributed by atoms with Gasteiger partial charge in [-0.2, -0.15) is 0 Å². The summed E-state index contributed by atoms with van der Waals surface area (Å²) >= 11 is 0. The Morgan fingerprint density at radius 1 is 1.33 bits per heavy atom. The van der Waals surface area contributed by atoms with E-state index in [4.69, 9.17) is 0 Å². The van der Waals surface area contributed by atoms with Crippen molar-refractivity contribution in [2.75, 3.05) is 6.54 Å². The standard InChI is InChI=1S/C11H12N4/c1-3-14-11-10(2-4-15-11)9(1)8-5-12-7-13-6-8/h1-5,7-10H,6H2,(H,14,15). The molecule has 3 aliphatic heterocycles. The molecule has 0 spiro atoms. The van der Waals surface area contributed by atoms with Crippen LogP contribution in [0.1, 0.15) is 0 Å². The lowest BCUT2D eigenvalue weighted by Crippen LogP contribution is -2.33. The summed E-state index contributed by atoms with van der Waals surface area (Å²) in [6, 6.07) is 0. The van der Waals surface area contributed by atoms with E-state index < -0.39 is 0 Å². The first-order valence-corrected chi connectivity index (χ1v) is 5.14. The van der Waals surface area contributed by atoms with Gasteiger partial charge in [-0.15, -0.1) is 0 Å². The van der Waals surface area contributed by atoms with Crippen LogP contribution >= 0.6 is 0 Å². The molecule has 4 heteroatoms. The molecule has 0 saturated heterocycles. The number of aliphatic imine (C=N–C) groups is 3. The minimum atomic E-state index is 0.375. The molecule has 0 saturated carbocycles. The van der Waals surface area contributed by atoms with Gasteiger partial charge in [-0.3, -0.25) is 4.99 Å². The zero-order valence-corrected chi connectivity index (χ0v) is 8.24. The van der Waals surface area contributed by atoms with Crippen molar-refractivity contribution in [3.05, 3.63) is 24.6 Å². The Morgan fingerprint density at radius 2 is 2.33 bits per heavy atom. The van der Waals surface area contributed by atoms with Gasteiger partial charge in [0.05, 0.1) is 0 Å². The topological polar surface area (TPSA) is 49.1 Å². The molecular formula is C11H12N4. The highest BCUT2D eigenvalue weighted by Crippen LogP contribution is 2.30. The van der Waals surface area contributed by atoms with E-state index in [9.17, 15) is 0 Å². The van der Waals surface area contributed by atoms with Gasteiger partial charge in [-0.25, -0.2) is 9.98 Å². The Hall–Kier alpha value is -1.71. The average Bonchev–Trinajstić information content (AvgIpc) is 2.78. The third-order valence-corrected chi connectivity index (χ3v) is 3.02. The van der Waals surface area contributed by atoms with Crippen LogP contribution in [0.3, 0.4) is 0 Å². The van der Waals surface area contributed by atoms with E-state index in [0.717, 1.165) is 12.4 Å². The lowest BCUT2D eigenvalue weighted by atomic mass is 9.80. The number of hydrogen-bond acceptors (Lipinski definition) is 4. The molecule has 3 unspecified atom stereocenters. The van der Waals surface area contributed by atoms with Crippen molar-refractivity contribution in [2.45, 2.75) is 0 Å². The number of hydrogen-bond donors (Lipinski definition) is 1. The molecule has 1 N–H and O–H groups in total. The molecular weight excluding hydrogens is 188 g/mol. The fourth-order valence-electron chi connectivity index (χ4n) is 2.24. The van der Waals surface area contributed by atoms with Crippen molar-refractivity contribution in [1.82, 2.24) is 5.32 Å². The van der Waals surface area contributed by atoms with Gasteiger partial charge in [0.15, 0.2) is 0 Å². The van der Waals surface area contributed by atoms with E-state index in [1.807, 2.05) is 18.6 Å². The van der Waals surface area contributed by atoms with E-state index in [1.165, 1.54) is 0 Å². The second kappa shape index (κ2) is 3.46. The third-order valence-electron chi connectivity index (χ3n) is 3.02. The first-order valence-electron chi connectivity index (χ1n) is 5.14. The Bertz CT molecular complexity index is 403. The predicted molar refractivity (Wildman–Crippen MR) is 61.2 cm³/mol. The van der Waals surface area contributed by atoms with Gasteiger partial charge in [0.25, 0.3) is 0 Å². The van der Waals surface area contributed by atoms with E-state index >= 15 is 0 Å². The minimum Gasteiger partial charge on any atom is -0.350 e. The van der Waals surface area contributed by atoms with Crippen molar-refractivity contribution < 1.29 is 0 Å². The summed E-state index contributed by atoms with van der Waals surface area (Å²) in [4.78, 5) is 12.6. The Labute approximate surface area is 88.2 Å². The van der Waals surface area contributed by atoms with Gasteiger partial charge in [-0.1, -0.05) is 12.2 Å².